The molecule has 7 atom stereocenters. The minimum Gasteiger partial charge on any atom is -0.426 e. The molecule has 1 saturated heterocycles. The fraction of sp³-hybridized carbons (Fsp3) is 0.857. The molecule has 1 saturated carbocycles. The summed E-state index contributed by atoms with van der Waals surface area (Å²) < 4.78 is 12.8. The van der Waals surface area contributed by atoms with Crippen molar-refractivity contribution in [1.29, 1.82) is 0 Å². The Hall–Kier alpha value is -1.50. The van der Waals surface area contributed by atoms with E-state index in [0.29, 0.717) is 17.8 Å². The maximum Gasteiger partial charge on any atom is 0.472 e. The second-order valence-corrected chi connectivity index (χ2v) is 11.0. The summed E-state index contributed by atoms with van der Waals surface area (Å²) in [6, 6.07) is 0. The number of carbonyl (C=O) groups is 2. The van der Waals surface area contributed by atoms with E-state index in [1.54, 1.807) is 0 Å². The fourth-order valence-electron chi connectivity index (χ4n) is 5.32. The van der Waals surface area contributed by atoms with Crippen molar-refractivity contribution in [2.24, 2.45) is 29.6 Å². The summed E-state index contributed by atoms with van der Waals surface area (Å²) in [5, 5.41) is 36.7. The van der Waals surface area contributed by atoms with E-state index >= 15 is 0 Å². The standard InChI is InChI=1S/C22H37BN2O6.C4H10.2CH4O/c1-14-6-3-4-7-16-8-5-9-17-15(2)18(31-22(30-14)21(16)17)12-20(27)24-11-10-19(26)25-13-23(28)29;1-4(2)3;2*1-2/h4,7,14-18,21-22,28-29H,3,5-6,8-13H2,1-2H3,(H,24,27)(H,25,26);4H,1-3H3;2*2H,1H3. The topological polar surface area (TPSA) is 158 Å². The van der Waals surface area contributed by atoms with Crippen molar-refractivity contribution in [3.05, 3.63) is 12.2 Å². The van der Waals surface area contributed by atoms with Crippen LogP contribution in [0.25, 0.3) is 0 Å². The van der Waals surface area contributed by atoms with Crippen molar-refractivity contribution in [1.82, 2.24) is 10.6 Å². The lowest BCUT2D eigenvalue weighted by Gasteiger charge is -2.51. The van der Waals surface area contributed by atoms with Gasteiger partial charge in [-0.3, -0.25) is 9.59 Å². The molecule has 228 valence electrons. The molecule has 0 radical (unpaired) electrons. The Labute approximate surface area is 236 Å². The number of amides is 2. The highest BCUT2D eigenvalue weighted by Crippen LogP contribution is 2.49. The highest BCUT2D eigenvalue weighted by Gasteiger charge is 2.49. The number of ether oxygens (including phenoxy) is 2. The number of aliphatic hydroxyl groups is 2. The Bertz CT molecular complexity index is 692. The first-order chi connectivity index (χ1) is 18.6. The molecular weight excluding hydrogens is 503 g/mol. The van der Waals surface area contributed by atoms with Gasteiger partial charge in [0.15, 0.2) is 6.29 Å². The smallest absolute Gasteiger partial charge is 0.426 e. The third-order valence-electron chi connectivity index (χ3n) is 6.98. The third-order valence-corrected chi connectivity index (χ3v) is 6.98. The first kappa shape index (κ1) is 37.5. The maximum absolute atomic E-state index is 12.5. The van der Waals surface area contributed by atoms with Gasteiger partial charge in [0.05, 0.1) is 25.1 Å². The SMILES string of the molecule is CC(C)C.CC1CCC=CC2CCCC3C(C)C(CC(=O)NCCC(=O)NCB(O)O)OC(O1)C23.CO.CO. The van der Waals surface area contributed by atoms with E-state index in [-0.39, 0.29) is 62.1 Å². The molecule has 10 nitrogen and oxygen atoms in total. The molecule has 7 unspecified atom stereocenters. The van der Waals surface area contributed by atoms with Gasteiger partial charge in [0.1, 0.15) is 0 Å². The molecule has 0 aromatic carbocycles. The van der Waals surface area contributed by atoms with E-state index in [1.807, 2.05) is 0 Å². The second kappa shape index (κ2) is 21.3. The Morgan fingerprint density at radius 2 is 1.62 bits per heavy atom. The summed E-state index contributed by atoms with van der Waals surface area (Å²) in [5.41, 5.74) is 0. The molecule has 0 aromatic rings. The molecule has 2 aliphatic heterocycles. The number of aliphatic hydroxyl groups excluding tert-OH is 2. The molecule has 2 fully saturated rings. The van der Waals surface area contributed by atoms with Gasteiger partial charge in [0.2, 0.25) is 11.8 Å². The Morgan fingerprint density at radius 1 is 0.974 bits per heavy atom. The molecule has 0 spiro atoms. The van der Waals surface area contributed by atoms with Crippen LogP contribution in [0, 0.1) is 29.6 Å². The van der Waals surface area contributed by atoms with Crippen LogP contribution in [0.2, 0.25) is 0 Å². The van der Waals surface area contributed by atoms with Crippen LogP contribution in [0.1, 0.15) is 79.6 Å². The largest absolute Gasteiger partial charge is 0.472 e. The summed E-state index contributed by atoms with van der Waals surface area (Å²) in [6.45, 7) is 11.0. The van der Waals surface area contributed by atoms with E-state index in [9.17, 15) is 9.59 Å². The Kier molecular flexibility index (Phi) is 20.5. The lowest BCUT2D eigenvalue weighted by Crippen LogP contribution is -2.53. The van der Waals surface area contributed by atoms with Crippen LogP contribution in [-0.4, -0.2) is 84.9 Å². The van der Waals surface area contributed by atoms with Crippen LogP contribution in [0.5, 0.6) is 0 Å². The molecule has 11 heteroatoms. The van der Waals surface area contributed by atoms with Crippen molar-refractivity contribution in [2.75, 3.05) is 27.2 Å². The maximum atomic E-state index is 12.5. The summed E-state index contributed by atoms with van der Waals surface area (Å²) in [7, 11) is 0.421. The molecule has 1 aliphatic carbocycles. The predicted octanol–water partition coefficient (Wildman–Crippen LogP) is 2.04. The third kappa shape index (κ3) is 14.6. The van der Waals surface area contributed by atoms with Gasteiger partial charge in [-0.15, -0.1) is 0 Å². The van der Waals surface area contributed by atoms with Crippen LogP contribution < -0.4 is 10.6 Å². The number of hydrogen-bond donors (Lipinski definition) is 6. The number of nitrogens with one attached hydrogen (secondary N) is 2. The molecule has 0 bridgehead atoms. The lowest BCUT2D eigenvalue weighted by atomic mass is 9.64. The number of allylic oxidation sites excluding steroid dienone is 2. The lowest BCUT2D eigenvalue weighted by molar-refractivity contribution is -0.278. The summed E-state index contributed by atoms with van der Waals surface area (Å²) in [4.78, 5) is 24.2. The van der Waals surface area contributed by atoms with Crippen LogP contribution in [0.15, 0.2) is 12.2 Å². The van der Waals surface area contributed by atoms with Gasteiger partial charge in [0.25, 0.3) is 0 Å². The molecule has 6 N–H and O–H groups in total. The number of hydrogen-bond acceptors (Lipinski definition) is 8. The van der Waals surface area contributed by atoms with Gasteiger partial charge in [-0.2, -0.15) is 0 Å². The minimum absolute atomic E-state index is 0.0848. The first-order valence-electron chi connectivity index (χ1n) is 14.3. The molecule has 3 rings (SSSR count). The van der Waals surface area contributed by atoms with E-state index in [0.717, 1.165) is 39.4 Å². The van der Waals surface area contributed by atoms with Crippen LogP contribution in [0.4, 0.5) is 0 Å². The van der Waals surface area contributed by atoms with Gasteiger partial charge in [-0.25, -0.2) is 0 Å². The zero-order chi connectivity index (χ0) is 30.0. The van der Waals surface area contributed by atoms with Crippen molar-refractivity contribution < 1.29 is 39.3 Å². The zero-order valence-electron chi connectivity index (χ0n) is 25.1. The highest BCUT2D eigenvalue weighted by molar-refractivity contribution is 6.41. The van der Waals surface area contributed by atoms with Gasteiger partial charge in [-0.05, 0) is 56.3 Å². The van der Waals surface area contributed by atoms with Crippen LogP contribution in [0.3, 0.4) is 0 Å². The Balaban J connectivity index is 0.00000162. The first-order valence-corrected chi connectivity index (χ1v) is 14.3. The number of rotatable bonds is 7. The fourth-order valence-corrected chi connectivity index (χ4v) is 5.32. The van der Waals surface area contributed by atoms with E-state index in [4.69, 9.17) is 29.7 Å². The van der Waals surface area contributed by atoms with Gasteiger partial charge >= 0.3 is 7.12 Å². The highest BCUT2D eigenvalue weighted by atomic mass is 16.7. The molecule has 0 aromatic heterocycles. The Morgan fingerprint density at radius 3 is 2.23 bits per heavy atom. The minimum atomic E-state index is -1.58. The van der Waals surface area contributed by atoms with Gasteiger partial charge in [0, 0.05) is 33.1 Å². The number of carbonyl (C=O) groups excluding carboxylic acids is 2. The molecule has 2 amide bonds. The average Bonchev–Trinajstić information content (AvgIpc) is 2.97. The van der Waals surface area contributed by atoms with Crippen LogP contribution in [-0.2, 0) is 19.1 Å². The summed E-state index contributed by atoms with van der Waals surface area (Å²) in [5.74, 6) is 1.90. The van der Waals surface area contributed by atoms with E-state index < -0.39 is 7.12 Å². The van der Waals surface area contributed by atoms with Crippen molar-refractivity contribution in [3.63, 3.8) is 0 Å². The molecular formula is C28H55BN2O8. The van der Waals surface area contributed by atoms with Gasteiger partial charge < -0.3 is 40.4 Å². The summed E-state index contributed by atoms with van der Waals surface area (Å²) >= 11 is 0. The predicted molar refractivity (Wildman–Crippen MR) is 153 cm³/mol. The monoisotopic (exact) mass is 558 g/mol. The zero-order valence-corrected chi connectivity index (χ0v) is 25.1. The molecule has 3 aliphatic rings. The van der Waals surface area contributed by atoms with E-state index in [1.165, 1.54) is 12.8 Å². The van der Waals surface area contributed by atoms with Crippen LogP contribution >= 0.6 is 0 Å². The quantitative estimate of drug-likeness (QED) is 0.205. The summed E-state index contributed by atoms with van der Waals surface area (Å²) in [6.07, 6.45) is 9.91. The van der Waals surface area contributed by atoms with Crippen molar-refractivity contribution in [2.45, 2.75) is 98.1 Å². The van der Waals surface area contributed by atoms with Crippen molar-refractivity contribution in [3.8, 4) is 0 Å². The molecule has 39 heavy (non-hydrogen) atoms. The normalized spacial score (nSPS) is 29.2. The van der Waals surface area contributed by atoms with Gasteiger partial charge in [-0.1, -0.05) is 46.3 Å². The molecule has 2 heterocycles. The van der Waals surface area contributed by atoms with E-state index in [2.05, 4.69) is 57.4 Å². The van der Waals surface area contributed by atoms with Crippen molar-refractivity contribution >= 4 is 18.9 Å². The average molecular weight is 559 g/mol. The second-order valence-electron chi connectivity index (χ2n) is 11.0.